The van der Waals surface area contributed by atoms with Gasteiger partial charge in [0.25, 0.3) is 0 Å². The topological polar surface area (TPSA) is 46.1 Å². The van der Waals surface area contributed by atoms with E-state index in [1.54, 1.807) is 23.1 Å². The molecule has 1 aromatic heterocycles. The van der Waals surface area contributed by atoms with Crippen molar-refractivity contribution in [1.82, 2.24) is 10.2 Å². The summed E-state index contributed by atoms with van der Waals surface area (Å²) in [5.41, 5.74) is 4.42. The number of carbonyl (C=O) groups is 1. The number of hydrogen-bond acceptors (Lipinski definition) is 6. The maximum Gasteiger partial charge on any atom is 0.242 e. The molecule has 0 fully saturated rings. The van der Waals surface area contributed by atoms with Gasteiger partial charge in [0, 0.05) is 5.75 Å². The lowest BCUT2D eigenvalue weighted by atomic mass is 10.0. The van der Waals surface area contributed by atoms with E-state index in [0.29, 0.717) is 5.75 Å². The second kappa shape index (κ2) is 9.78. The normalized spacial score (nSPS) is 12.9. The highest BCUT2D eigenvalue weighted by Gasteiger charge is 2.25. The number of benzene rings is 2. The summed E-state index contributed by atoms with van der Waals surface area (Å²) in [6, 6.07) is 16.4. The van der Waals surface area contributed by atoms with Crippen molar-refractivity contribution in [2.24, 2.45) is 0 Å². The minimum atomic E-state index is 0.0761. The maximum atomic E-state index is 13.3. The molecule has 2 aromatic carbocycles. The van der Waals surface area contributed by atoms with Gasteiger partial charge in [-0.25, -0.2) is 0 Å². The molecule has 4 nitrogen and oxygen atoms in total. The zero-order valence-electron chi connectivity index (χ0n) is 16.3. The number of anilines is 2. The van der Waals surface area contributed by atoms with Gasteiger partial charge in [0.2, 0.25) is 5.91 Å². The Morgan fingerprint density at radius 1 is 0.966 bits per heavy atom. The smallest absolute Gasteiger partial charge is 0.242 e. The largest absolute Gasteiger partial charge is 0.280 e. The van der Waals surface area contributed by atoms with Crippen molar-refractivity contribution in [1.29, 1.82) is 0 Å². The van der Waals surface area contributed by atoms with Gasteiger partial charge in [0.15, 0.2) is 8.68 Å². The van der Waals surface area contributed by atoms with Gasteiger partial charge >= 0.3 is 0 Å². The highest BCUT2D eigenvalue weighted by molar-refractivity contribution is 8.03. The molecule has 1 amide bonds. The molecule has 0 saturated carbocycles. The Bertz CT molecular complexity index is 941. The van der Waals surface area contributed by atoms with Crippen LogP contribution in [-0.4, -0.2) is 27.6 Å². The molecule has 0 unspecified atom stereocenters. The molecule has 0 atom stereocenters. The van der Waals surface area contributed by atoms with E-state index in [1.165, 1.54) is 35.7 Å². The van der Waals surface area contributed by atoms with Gasteiger partial charge in [-0.3, -0.25) is 9.69 Å². The number of rotatable bonds is 7. The number of amides is 1. The molecule has 150 valence electrons. The predicted octanol–water partition coefficient (Wildman–Crippen LogP) is 5.99. The van der Waals surface area contributed by atoms with Crippen molar-refractivity contribution in [2.45, 2.75) is 41.3 Å². The molecule has 29 heavy (non-hydrogen) atoms. The first-order chi connectivity index (χ1) is 14.3. The number of aryl methyl sites for hydroxylation is 2. The van der Waals surface area contributed by atoms with Crippen molar-refractivity contribution < 1.29 is 4.79 Å². The standard InChI is InChI=1S/C22H23N3OS3/c1-2-3-14-27-21-23-24-22(29-21)28-15-20(26)25-18-10-6-4-8-16(18)12-13-17-9-5-7-11-19(17)25/h4-11H,2-3,12-15H2,1H3. The third-order valence-electron chi connectivity index (χ3n) is 4.81. The summed E-state index contributed by atoms with van der Waals surface area (Å²) in [5, 5.41) is 8.51. The van der Waals surface area contributed by atoms with Gasteiger partial charge in [0.05, 0.1) is 17.1 Å². The summed E-state index contributed by atoms with van der Waals surface area (Å²) in [5.74, 6) is 1.49. The molecule has 1 aliphatic rings. The Morgan fingerprint density at radius 2 is 1.55 bits per heavy atom. The van der Waals surface area contributed by atoms with Crippen LogP contribution in [0.15, 0.2) is 57.2 Å². The number of thioether (sulfide) groups is 2. The summed E-state index contributed by atoms with van der Waals surface area (Å²) in [4.78, 5) is 15.2. The summed E-state index contributed by atoms with van der Waals surface area (Å²) in [6.45, 7) is 2.19. The number of nitrogens with zero attached hydrogens (tertiary/aromatic N) is 3. The van der Waals surface area contributed by atoms with Gasteiger partial charge < -0.3 is 0 Å². The van der Waals surface area contributed by atoms with E-state index >= 15 is 0 Å². The van der Waals surface area contributed by atoms with E-state index in [1.807, 2.05) is 41.3 Å². The van der Waals surface area contributed by atoms with Crippen LogP contribution in [0.4, 0.5) is 11.4 Å². The molecule has 0 bridgehead atoms. The SMILES string of the molecule is CCCCSc1nnc(SCC(=O)N2c3ccccc3CCc3ccccc32)s1. The Morgan fingerprint density at radius 3 is 2.17 bits per heavy atom. The van der Waals surface area contributed by atoms with Crippen molar-refractivity contribution in [2.75, 3.05) is 16.4 Å². The van der Waals surface area contributed by atoms with Crippen LogP contribution in [0.2, 0.25) is 0 Å². The highest BCUT2D eigenvalue weighted by Crippen LogP contribution is 2.37. The molecule has 7 heteroatoms. The van der Waals surface area contributed by atoms with Crippen molar-refractivity contribution in [3.63, 3.8) is 0 Å². The molecule has 4 rings (SSSR count). The summed E-state index contributed by atoms with van der Waals surface area (Å²) < 4.78 is 1.84. The van der Waals surface area contributed by atoms with Crippen molar-refractivity contribution >= 4 is 52.1 Å². The Labute approximate surface area is 184 Å². The quantitative estimate of drug-likeness (QED) is 0.333. The molecule has 3 aromatic rings. The fourth-order valence-electron chi connectivity index (χ4n) is 3.35. The number of aromatic nitrogens is 2. The van der Waals surface area contributed by atoms with Crippen molar-refractivity contribution in [3.8, 4) is 0 Å². The van der Waals surface area contributed by atoms with E-state index in [2.05, 4.69) is 29.3 Å². The molecule has 2 heterocycles. The van der Waals surface area contributed by atoms with Gasteiger partial charge in [-0.05, 0) is 42.5 Å². The van der Waals surface area contributed by atoms with E-state index in [-0.39, 0.29) is 5.91 Å². The summed E-state index contributed by atoms with van der Waals surface area (Å²) in [6.07, 6.45) is 4.25. The summed E-state index contributed by atoms with van der Waals surface area (Å²) >= 11 is 4.81. The Balaban J connectivity index is 1.51. The van der Waals surface area contributed by atoms with Gasteiger partial charge in [-0.1, -0.05) is 84.6 Å². The number of carbonyl (C=O) groups excluding carboxylic acids is 1. The predicted molar refractivity (Wildman–Crippen MR) is 124 cm³/mol. The third-order valence-corrected chi connectivity index (χ3v) is 8.07. The number of para-hydroxylation sites is 2. The Hall–Kier alpha value is -1.83. The summed E-state index contributed by atoms with van der Waals surface area (Å²) in [7, 11) is 0. The van der Waals surface area contributed by atoms with Crippen LogP contribution in [0.5, 0.6) is 0 Å². The lowest BCUT2D eigenvalue weighted by Gasteiger charge is -2.24. The molecule has 0 aliphatic carbocycles. The first kappa shape index (κ1) is 20.4. The minimum absolute atomic E-state index is 0.0761. The zero-order chi connectivity index (χ0) is 20.1. The second-order valence-corrected chi connectivity index (χ2v) is 10.4. The van der Waals surface area contributed by atoms with Crippen LogP contribution in [0.1, 0.15) is 30.9 Å². The number of unbranched alkanes of at least 4 members (excludes halogenated alkanes) is 1. The molecule has 1 aliphatic heterocycles. The van der Waals surface area contributed by atoms with Gasteiger partial charge in [-0.2, -0.15) is 0 Å². The van der Waals surface area contributed by atoms with E-state index in [9.17, 15) is 4.79 Å². The van der Waals surface area contributed by atoms with Crippen molar-refractivity contribution in [3.05, 3.63) is 59.7 Å². The van der Waals surface area contributed by atoms with Crippen LogP contribution in [0, 0.1) is 0 Å². The highest BCUT2D eigenvalue weighted by atomic mass is 32.2. The minimum Gasteiger partial charge on any atom is -0.280 e. The van der Waals surface area contributed by atoms with E-state index < -0.39 is 0 Å². The van der Waals surface area contributed by atoms with E-state index in [0.717, 1.165) is 38.6 Å². The maximum absolute atomic E-state index is 13.3. The first-order valence-corrected chi connectivity index (χ1v) is 12.6. The van der Waals surface area contributed by atoms with Crippen LogP contribution < -0.4 is 4.90 Å². The number of fused-ring (bicyclic) bond motifs is 2. The molecule has 0 radical (unpaired) electrons. The monoisotopic (exact) mass is 441 g/mol. The Kier molecular flexibility index (Phi) is 6.90. The number of hydrogen-bond donors (Lipinski definition) is 0. The average Bonchev–Trinajstić information content (AvgIpc) is 3.13. The molecule has 0 saturated heterocycles. The van der Waals surface area contributed by atoms with Gasteiger partial charge in [0.1, 0.15) is 0 Å². The van der Waals surface area contributed by atoms with Crippen LogP contribution in [0.25, 0.3) is 0 Å². The molecular formula is C22H23N3OS3. The zero-order valence-corrected chi connectivity index (χ0v) is 18.8. The molecule has 0 N–H and O–H groups in total. The van der Waals surface area contributed by atoms with E-state index in [4.69, 9.17) is 0 Å². The average molecular weight is 442 g/mol. The lowest BCUT2D eigenvalue weighted by molar-refractivity contribution is -0.115. The fourth-order valence-corrected chi connectivity index (χ4v) is 6.38. The van der Waals surface area contributed by atoms with Crippen LogP contribution in [0.3, 0.4) is 0 Å². The first-order valence-electron chi connectivity index (χ1n) is 9.84. The van der Waals surface area contributed by atoms with Crippen LogP contribution >= 0.6 is 34.9 Å². The fraction of sp³-hybridized carbons (Fsp3) is 0.318. The third kappa shape index (κ3) is 4.85. The lowest BCUT2D eigenvalue weighted by Crippen LogP contribution is -2.28. The van der Waals surface area contributed by atoms with Crippen LogP contribution in [-0.2, 0) is 17.6 Å². The molecule has 0 spiro atoms. The second-order valence-electron chi connectivity index (χ2n) is 6.81. The van der Waals surface area contributed by atoms with Gasteiger partial charge in [-0.15, -0.1) is 10.2 Å². The molecular weight excluding hydrogens is 418 g/mol.